The Balaban J connectivity index is 2.08. The van der Waals surface area contributed by atoms with E-state index in [0.717, 1.165) is 30.4 Å². The van der Waals surface area contributed by atoms with Crippen molar-refractivity contribution in [1.82, 2.24) is 5.32 Å². The smallest absolute Gasteiger partial charge is 0.387 e. The fourth-order valence-corrected chi connectivity index (χ4v) is 3.01. The molecule has 1 amide bonds. The first kappa shape index (κ1) is 17.7. The number of hydrogen-bond donors (Lipinski definition) is 2. The molecule has 0 aromatic heterocycles. The summed E-state index contributed by atoms with van der Waals surface area (Å²) < 4.78 is 29.0. The molecular formula is C17H24F2N2O2. The minimum Gasteiger partial charge on any atom is -0.435 e. The topological polar surface area (TPSA) is 64.4 Å². The second-order valence-corrected chi connectivity index (χ2v) is 6.43. The number of halogens is 2. The summed E-state index contributed by atoms with van der Waals surface area (Å²) >= 11 is 0. The molecule has 3 N–H and O–H groups in total. The number of fused-ring (bicyclic) bond motifs is 1. The Morgan fingerprint density at radius 2 is 2.17 bits per heavy atom. The third kappa shape index (κ3) is 4.89. The Bertz CT molecular complexity index is 549. The standard InChI is InChI=1S/C17H24F2N2O2/c1-10(2)8-14(20)16(22)21-15-5-3-4-11-9-12(23-17(18)19)6-7-13(11)15/h6-7,9-10,14-15,17H,3-5,8,20H2,1-2H3,(H,21,22)/t14-,15?/m0/s1. The zero-order valence-electron chi connectivity index (χ0n) is 13.5. The maximum atomic E-state index is 12.3. The minimum atomic E-state index is -2.83. The van der Waals surface area contributed by atoms with Crippen LogP contribution in [0.3, 0.4) is 0 Å². The zero-order chi connectivity index (χ0) is 17.0. The molecular weight excluding hydrogens is 302 g/mol. The Hall–Kier alpha value is -1.69. The minimum absolute atomic E-state index is 0.120. The molecule has 1 unspecified atom stereocenters. The van der Waals surface area contributed by atoms with Gasteiger partial charge in [-0.1, -0.05) is 19.9 Å². The van der Waals surface area contributed by atoms with Crippen LogP contribution in [-0.2, 0) is 11.2 Å². The van der Waals surface area contributed by atoms with Crippen molar-refractivity contribution in [2.45, 2.75) is 58.2 Å². The lowest BCUT2D eigenvalue weighted by Crippen LogP contribution is -2.43. The molecule has 1 aromatic rings. The second-order valence-electron chi connectivity index (χ2n) is 6.43. The first-order valence-electron chi connectivity index (χ1n) is 8.00. The van der Waals surface area contributed by atoms with Crippen LogP contribution in [0.25, 0.3) is 0 Å². The maximum absolute atomic E-state index is 12.3. The summed E-state index contributed by atoms with van der Waals surface area (Å²) in [4.78, 5) is 12.2. The molecule has 0 saturated heterocycles. The summed E-state index contributed by atoms with van der Waals surface area (Å²) in [5.74, 6) is 0.343. The van der Waals surface area contributed by atoms with Gasteiger partial charge in [-0.15, -0.1) is 0 Å². The van der Waals surface area contributed by atoms with Gasteiger partial charge in [0.1, 0.15) is 5.75 Å². The van der Waals surface area contributed by atoms with Gasteiger partial charge in [0.2, 0.25) is 5.91 Å². The Morgan fingerprint density at radius 3 is 2.83 bits per heavy atom. The molecule has 0 fully saturated rings. The molecule has 6 heteroatoms. The summed E-state index contributed by atoms with van der Waals surface area (Å²) in [5.41, 5.74) is 7.82. The van der Waals surface area contributed by atoms with Gasteiger partial charge in [-0.25, -0.2) is 0 Å². The SMILES string of the molecule is CC(C)C[C@H](N)C(=O)NC1CCCc2cc(OC(F)F)ccc21. The fourth-order valence-electron chi connectivity index (χ4n) is 3.01. The lowest BCUT2D eigenvalue weighted by Gasteiger charge is -2.28. The lowest BCUT2D eigenvalue weighted by atomic mass is 9.87. The van der Waals surface area contributed by atoms with Gasteiger partial charge >= 0.3 is 6.61 Å². The van der Waals surface area contributed by atoms with Gasteiger partial charge in [-0.05, 0) is 54.9 Å². The lowest BCUT2D eigenvalue weighted by molar-refractivity contribution is -0.123. The number of benzene rings is 1. The normalized spacial score (nSPS) is 18.7. The van der Waals surface area contributed by atoms with Crippen LogP contribution in [0.4, 0.5) is 8.78 Å². The Kier molecular flexibility index (Phi) is 5.93. The van der Waals surface area contributed by atoms with E-state index in [4.69, 9.17) is 5.73 Å². The zero-order valence-corrected chi connectivity index (χ0v) is 13.5. The number of hydrogen-bond acceptors (Lipinski definition) is 3. The predicted molar refractivity (Wildman–Crippen MR) is 84.3 cm³/mol. The van der Waals surface area contributed by atoms with E-state index in [9.17, 15) is 13.6 Å². The number of nitrogens with two attached hydrogens (primary N) is 1. The number of alkyl halides is 2. The third-order valence-electron chi connectivity index (χ3n) is 4.03. The Morgan fingerprint density at radius 1 is 1.43 bits per heavy atom. The van der Waals surface area contributed by atoms with E-state index in [2.05, 4.69) is 10.1 Å². The van der Waals surface area contributed by atoms with Gasteiger partial charge in [-0.3, -0.25) is 4.79 Å². The predicted octanol–water partition coefficient (Wildman–Crippen LogP) is 3.16. The van der Waals surface area contributed by atoms with Gasteiger partial charge in [0.25, 0.3) is 0 Å². The van der Waals surface area contributed by atoms with Crippen molar-refractivity contribution in [3.63, 3.8) is 0 Å². The quantitative estimate of drug-likeness (QED) is 0.844. The first-order chi connectivity index (χ1) is 10.9. The van der Waals surface area contributed by atoms with Crippen LogP contribution in [-0.4, -0.2) is 18.6 Å². The molecule has 128 valence electrons. The van der Waals surface area contributed by atoms with Crippen LogP contribution in [0.1, 0.15) is 50.3 Å². The van der Waals surface area contributed by atoms with Gasteiger partial charge in [0, 0.05) is 0 Å². The van der Waals surface area contributed by atoms with Crippen LogP contribution < -0.4 is 15.8 Å². The van der Waals surface area contributed by atoms with Crippen LogP contribution in [0.2, 0.25) is 0 Å². The van der Waals surface area contributed by atoms with Crippen LogP contribution >= 0.6 is 0 Å². The maximum Gasteiger partial charge on any atom is 0.387 e. The largest absolute Gasteiger partial charge is 0.435 e. The van der Waals surface area contributed by atoms with Crippen molar-refractivity contribution in [3.05, 3.63) is 29.3 Å². The van der Waals surface area contributed by atoms with E-state index < -0.39 is 12.7 Å². The molecule has 0 saturated carbocycles. The number of carbonyl (C=O) groups is 1. The molecule has 1 aromatic carbocycles. The highest BCUT2D eigenvalue weighted by atomic mass is 19.3. The van der Waals surface area contributed by atoms with Crippen molar-refractivity contribution in [1.29, 1.82) is 0 Å². The summed E-state index contributed by atoms with van der Waals surface area (Å²) in [6.07, 6.45) is 3.13. The molecule has 0 bridgehead atoms. The van der Waals surface area contributed by atoms with Gasteiger partial charge in [0.05, 0.1) is 12.1 Å². The van der Waals surface area contributed by atoms with Crippen molar-refractivity contribution >= 4 is 5.91 Å². The highest BCUT2D eigenvalue weighted by Crippen LogP contribution is 2.32. The third-order valence-corrected chi connectivity index (χ3v) is 4.03. The molecule has 2 atom stereocenters. The molecule has 2 rings (SSSR count). The van der Waals surface area contributed by atoms with Crippen LogP contribution in [0.15, 0.2) is 18.2 Å². The van der Waals surface area contributed by atoms with Gasteiger partial charge in [-0.2, -0.15) is 8.78 Å². The molecule has 4 nitrogen and oxygen atoms in total. The number of aryl methyl sites for hydroxylation is 1. The molecule has 23 heavy (non-hydrogen) atoms. The summed E-state index contributed by atoms with van der Waals surface area (Å²) in [6.45, 7) is 1.21. The van der Waals surface area contributed by atoms with Crippen LogP contribution in [0.5, 0.6) is 5.75 Å². The van der Waals surface area contributed by atoms with E-state index in [1.54, 1.807) is 12.1 Å². The van der Waals surface area contributed by atoms with E-state index >= 15 is 0 Å². The summed E-state index contributed by atoms with van der Waals surface area (Å²) in [5, 5.41) is 2.99. The Labute approximate surface area is 135 Å². The van der Waals surface area contributed by atoms with Crippen molar-refractivity contribution in [3.8, 4) is 5.75 Å². The highest BCUT2D eigenvalue weighted by molar-refractivity contribution is 5.82. The average Bonchev–Trinajstić information content (AvgIpc) is 2.45. The summed E-state index contributed by atoms with van der Waals surface area (Å²) in [6, 6.07) is 4.26. The van der Waals surface area contributed by atoms with E-state index in [-0.39, 0.29) is 17.7 Å². The highest BCUT2D eigenvalue weighted by Gasteiger charge is 2.25. The number of carbonyl (C=O) groups excluding carboxylic acids is 1. The first-order valence-corrected chi connectivity index (χ1v) is 8.00. The number of nitrogens with one attached hydrogen (secondary N) is 1. The van der Waals surface area contributed by atoms with E-state index in [1.807, 2.05) is 13.8 Å². The fraction of sp³-hybridized carbons (Fsp3) is 0.588. The van der Waals surface area contributed by atoms with Crippen LogP contribution in [0, 0.1) is 5.92 Å². The summed E-state index contributed by atoms with van der Waals surface area (Å²) in [7, 11) is 0. The molecule has 0 heterocycles. The van der Waals surface area contributed by atoms with Gasteiger partial charge in [0.15, 0.2) is 0 Å². The number of amides is 1. The number of ether oxygens (including phenoxy) is 1. The number of rotatable bonds is 6. The van der Waals surface area contributed by atoms with E-state index in [1.165, 1.54) is 6.07 Å². The van der Waals surface area contributed by atoms with Gasteiger partial charge < -0.3 is 15.8 Å². The average molecular weight is 326 g/mol. The molecule has 1 aliphatic rings. The van der Waals surface area contributed by atoms with Crippen molar-refractivity contribution in [2.24, 2.45) is 11.7 Å². The van der Waals surface area contributed by atoms with E-state index in [0.29, 0.717) is 12.3 Å². The molecule has 1 aliphatic carbocycles. The van der Waals surface area contributed by atoms with Crippen molar-refractivity contribution < 1.29 is 18.3 Å². The van der Waals surface area contributed by atoms with Crippen molar-refractivity contribution in [2.75, 3.05) is 0 Å². The molecule has 0 radical (unpaired) electrons. The molecule has 0 spiro atoms. The monoisotopic (exact) mass is 326 g/mol. The molecule has 0 aliphatic heterocycles. The second kappa shape index (κ2) is 7.73.